The van der Waals surface area contributed by atoms with Gasteiger partial charge < -0.3 is 15.7 Å². The quantitative estimate of drug-likeness (QED) is 0.542. The lowest BCUT2D eigenvalue weighted by Crippen LogP contribution is -2.37. The van der Waals surface area contributed by atoms with Crippen molar-refractivity contribution >= 4 is 12.0 Å². The first-order valence-corrected chi connectivity index (χ1v) is 8.31. The van der Waals surface area contributed by atoms with Gasteiger partial charge in [0.2, 0.25) is 0 Å². The van der Waals surface area contributed by atoms with Gasteiger partial charge in [-0.05, 0) is 37.5 Å². The molecule has 1 unspecified atom stereocenters. The van der Waals surface area contributed by atoms with Gasteiger partial charge in [0.15, 0.2) is 0 Å². The number of nitrogens with one attached hydrogen (secondary N) is 2. The molecule has 0 aromatic rings. The lowest BCUT2D eigenvalue weighted by molar-refractivity contribution is -0.137. The molecule has 3 N–H and O–H groups in total. The van der Waals surface area contributed by atoms with E-state index in [1.54, 1.807) is 0 Å². The number of urea groups is 1. The molecule has 0 aromatic carbocycles. The van der Waals surface area contributed by atoms with Crippen molar-refractivity contribution in [3.63, 3.8) is 0 Å². The Labute approximate surface area is 127 Å². The van der Waals surface area contributed by atoms with Crippen molar-refractivity contribution in [1.29, 1.82) is 0 Å². The van der Waals surface area contributed by atoms with Crippen molar-refractivity contribution in [3.05, 3.63) is 0 Å². The Hall–Kier alpha value is -1.26. The predicted octanol–water partition coefficient (Wildman–Crippen LogP) is 3.15. The van der Waals surface area contributed by atoms with Gasteiger partial charge in [0, 0.05) is 19.5 Å². The van der Waals surface area contributed by atoms with E-state index in [-0.39, 0.29) is 12.5 Å². The number of hydrogen-bond acceptors (Lipinski definition) is 2. The number of carbonyl (C=O) groups is 2. The second-order valence-corrected chi connectivity index (χ2v) is 6.30. The lowest BCUT2D eigenvalue weighted by Gasteiger charge is -2.12. The van der Waals surface area contributed by atoms with Gasteiger partial charge in [-0.1, -0.05) is 32.6 Å². The zero-order valence-corrected chi connectivity index (χ0v) is 13.2. The third-order valence-electron chi connectivity index (χ3n) is 4.32. The van der Waals surface area contributed by atoms with Crippen molar-refractivity contribution in [2.45, 2.75) is 64.7 Å². The summed E-state index contributed by atoms with van der Waals surface area (Å²) >= 11 is 0. The summed E-state index contributed by atoms with van der Waals surface area (Å²) < 4.78 is 0. The molecule has 5 heteroatoms. The van der Waals surface area contributed by atoms with Gasteiger partial charge in [-0.15, -0.1) is 0 Å². The first kappa shape index (κ1) is 17.8. The molecule has 1 atom stereocenters. The fourth-order valence-corrected chi connectivity index (χ4v) is 2.90. The summed E-state index contributed by atoms with van der Waals surface area (Å²) in [6.45, 7) is 3.37. The van der Waals surface area contributed by atoms with E-state index in [1.165, 1.54) is 32.1 Å². The zero-order valence-electron chi connectivity index (χ0n) is 13.2. The highest BCUT2D eigenvalue weighted by Gasteiger charge is 2.14. The highest BCUT2D eigenvalue weighted by molar-refractivity contribution is 5.73. The predicted molar refractivity (Wildman–Crippen MR) is 83.2 cm³/mol. The molecular weight excluding hydrogens is 268 g/mol. The van der Waals surface area contributed by atoms with Crippen LogP contribution >= 0.6 is 0 Å². The van der Waals surface area contributed by atoms with Crippen molar-refractivity contribution in [2.75, 3.05) is 13.1 Å². The molecular formula is C16H30N2O3. The van der Waals surface area contributed by atoms with Crippen molar-refractivity contribution < 1.29 is 14.7 Å². The summed E-state index contributed by atoms with van der Waals surface area (Å²) in [7, 11) is 0. The van der Waals surface area contributed by atoms with E-state index in [0.29, 0.717) is 18.9 Å². The Kier molecular flexibility index (Phi) is 8.87. The van der Waals surface area contributed by atoms with Crippen molar-refractivity contribution in [1.82, 2.24) is 10.6 Å². The largest absolute Gasteiger partial charge is 0.481 e. The van der Waals surface area contributed by atoms with E-state index >= 15 is 0 Å². The number of hydrogen-bond donors (Lipinski definition) is 3. The summed E-state index contributed by atoms with van der Waals surface area (Å²) in [6.07, 6.45) is 9.45. The minimum absolute atomic E-state index is 0.105. The van der Waals surface area contributed by atoms with Crippen LogP contribution in [0.2, 0.25) is 0 Å². The van der Waals surface area contributed by atoms with Crippen LogP contribution in [0.15, 0.2) is 0 Å². The Morgan fingerprint density at radius 3 is 2.48 bits per heavy atom. The molecule has 0 heterocycles. The third-order valence-corrected chi connectivity index (χ3v) is 4.32. The molecule has 0 spiro atoms. The Morgan fingerprint density at radius 1 is 1.14 bits per heavy atom. The fourth-order valence-electron chi connectivity index (χ4n) is 2.90. The molecule has 0 radical (unpaired) electrons. The maximum Gasteiger partial charge on any atom is 0.314 e. The highest BCUT2D eigenvalue weighted by atomic mass is 16.4. The standard InChI is InChI=1S/C16H30N2O3/c1-13(8-9-15(19)20)10-12-18-16(21)17-11-4-7-14-5-2-3-6-14/h13-14H,2-12H2,1H3,(H,19,20)(H2,17,18,21). The fraction of sp³-hybridized carbons (Fsp3) is 0.875. The van der Waals surface area contributed by atoms with Crippen LogP contribution in [-0.2, 0) is 4.79 Å². The van der Waals surface area contributed by atoms with E-state index in [0.717, 1.165) is 25.3 Å². The molecule has 0 bridgehead atoms. The molecule has 1 fully saturated rings. The van der Waals surface area contributed by atoms with Crippen LogP contribution in [-0.4, -0.2) is 30.2 Å². The minimum Gasteiger partial charge on any atom is -0.481 e. The van der Waals surface area contributed by atoms with E-state index in [9.17, 15) is 9.59 Å². The second-order valence-electron chi connectivity index (χ2n) is 6.30. The molecule has 5 nitrogen and oxygen atoms in total. The Morgan fingerprint density at radius 2 is 1.81 bits per heavy atom. The van der Waals surface area contributed by atoms with Gasteiger partial charge in [-0.2, -0.15) is 0 Å². The second kappa shape index (κ2) is 10.5. The first-order valence-electron chi connectivity index (χ1n) is 8.31. The molecule has 0 aromatic heterocycles. The van der Waals surface area contributed by atoms with Gasteiger partial charge in [-0.3, -0.25) is 4.79 Å². The van der Waals surface area contributed by atoms with Crippen LogP contribution in [0.4, 0.5) is 4.79 Å². The highest BCUT2D eigenvalue weighted by Crippen LogP contribution is 2.28. The zero-order chi connectivity index (χ0) is 15.5. The van der Waals surface area contributed by atoms with Gasteiger partial charge in [0.25, 0.3) is 0 Å². The molecule has 122 valence electrons. The van der Waals surface area contributed by atoms with E-state index in [4.69, 9.17) is 5.11 Å². The summed E-state index contributed by atoms with van der Waals surface area (Å²) in [5.74, 6) is 0.448. The average Bonchev–Trinajstić information content (AvgIpc) is 2.94. The van der Waals surface area contributed by atoms with Crippen LogP contribution in [0.1, 0.15) is 64.7 Å². The lowest BCUT2D eigenvalue weighted by atomic mass is 10.0. The molecule has 1 aliphatic rings. The van der Waals surface area contributed by atoms with Gasteiger partial charge in [-0.25, -0.2) is 4.79 Å². The number of carboxylic acid groups (broad SMARTS) is 1. The van der Waals surface area contributed by atoms with E-state index in [2.05, 4.69) is 10.6 Å². The maximum absolute atomic E-state index is 11.6. The van der Waals surface area contributed by atoms with Crippen LogP contribution in [0.25, 0.3) is 0 Å². The van der Waals surface area contributed by atoms with Gasteiger partial charge in [0.1, 0.15) is 0 Å². The SMILES string of the molecule is CC(CCNC(=O)NCCCC1CCCC1)CCC(=O)O. The van der Waals surface area contributed by atoms with Gasteiger partial charge in [0.05, 0.1) is 0 Å². The summed E-state index contributed by atoms with van der Waals surface area (Å²) in [4.78, 5) is 22.0. The molecule has 1 aliphatic carbocycles. The summed E-state index contributed by atoms with van der Waals surface area (Å²) in [6, 6.07) is -0.105. The van der Waals surface area contributed by atoms with Crippen LogP contribution in [0, 0.1) is 11.8 Å². The molecule has 21 heavy (non-hydrogen) atoms. The number of aliphatic carboxylic acids is 1. The first-order chi connectivity index (χ1) is 10.1. The Balaban J connectivity index is 1.92. The van der Waals surface area contributed by atoms with E-state index in [1.807, 2.05) is 6.92 Å². The number of rotatable bonds is 10. The minimum atomic E-state index is -0.755. The molecule has 0 saturated heterocycles. The topological polar surface area (TPSA) is 78.4 Å². The van der Waals surface area contributed by atoms with Crippen molar-refractivity contribution in [2.24, 2.45) is 11.8 Å². The summed E-state index contributed by atoms with van der Waals surface area (Å²) in [5, 5.41) is 14.3. The molecule has 1 saturated carbocycles. The van der Waals surface area contributed by atoms with Crippen LogP contribution in [0.5, 0.6) is 0 Å². The smallest absolute Gasteiger partial charge is 0.314 e. The molecule has 0 aliphatic heterocycles. The van der Waals surface area contributed by atoms with Crippen molar-refractivity contribution in [3.8, 4) is 0 Å². The Bertz CT molecular complexity index is 315. The third kappa shape index (κ3) is 9.32. The monoisotopic (exact) mass is 298 g/mol. The van der Waals surface area contributed by atoms with E-state index < -0.39 is 5.97 Å². The summed E-state index contributed by atoms with van der Waals surface area (Å²) in [5.41, 5.74) is 0. The number of carbonyl (C=O) groups excluding carboxylic acids is 1. The maximum atomic E-state index is 11.6. The van der Waals surface area contributed by atoms with Crippen LogP contribution < -0.4 is 10.6 Å². The molecule has 2 amide bonds. The van der Waals surface area contributed by atoms with Gasteiger partial charge >= 0.3 is 12.0 Å². The molecule has 1 rings (SSSR count). The number of carboxylic acids is 1. The number of amides is 2. The average molecular weight is 298 g/mol. The van der Waals surface area contributed by atoms with Crippen LogP contribution in [0.3, 0.4) is 0 Å². The normalized spacial score (nSPS) is 16.6.